The standard InChI is InChI=1S/C20H28N2O2S2/c1-4-13-22(14-5-2)20(25)21-18-17(19(23)24-6-3)15-11-9-7-8-10-12-16(15)26-18/h4-5H,1-2,6-14H2,3H3,(H,21,25). The predicted molar refractivity (Wildman–Crippen MR) is 114 cm³/mol. The molecular weight excluding hydrogens is 364 g/mol. The lowest BCUT2D eigenvalue weighted by Gasteiger charge is -2.23. The van der Waals surface area contributed by atoms with Crippen LogP contribution in [-0.4, -0.2) is 35.7 Å². The molecule has 2 rings (SSSR count). The minimum atomic E-state index is -0.255. The molecule has 0 saturated carbocycles. The van der Waals surface area contributed by atoms with E-state index < -0.39 is 0 Å². The topological polar surface area (TPSA) is 41.6 Å². The van der Waals surface area contributed by atoms with Crippen molar-refractivity contribution in [1.82, 2.24) is 4.90 Å². The fraction of sp³-hybridized carbons (Fsp3) is 0.500. The lowest BCUT2D eigenvalue weighted by molar-refractivity contribution is 0.0526. The number of thiophene rings is 1. The monoisotopic (exact) mass is 392 g/mol. The van der Waals surface area contributed by atoms with Gasteiger partial charge < -0.3 is 15.0 Å². The van der Waals surface area contributed by atoms with Crippen LogP contribution in [0.5, 0.6) is 0 Å². The number of hydrogen-bond donors (Lipinski definition) is 1. The van der Waals surface area contributed by atoms with E-state index in [0.717, 1.165) is 29.8 Å². The number of nitrogens with one attached hydrogen (secondary N) is 1. The minimum absolute atomic E-state index is 0.255. The maximum atomic E-state index is 12.7. The summed E-state index contributed by atoms with van der Waals surface area (Å²) in [6.45, 7) is 11.0. The molecule has 0 spiro atoms. The quantitative estimate of drug-likeness (QED) is 0.404. The summed E-state index contributed by atoms with van der Waals surface area (Å²) in [6, 6.07) is 0. The molecule has 142 valence electrons. The van der Waals surface area contributed by atoms with Crippen LogP contribution in [0.2, 0.25) is 0 Å². The van der Waals surface area contributed by atoms with E-state index in [1.54, 1.807) is 23.5 Å². The number of ether oxygens (including phenoxy) is 1. The molecule has 0 radical (unpaired) electrons. The Morgan fingerprint density at radius 1 is 1.23 bits per heavy atom. The zero-order valence-corrected chi connectivity index (χ0v) is 17.1. The maximum absolute atomic E-state index is 12.7. The van der Waals surface area contributed by atoms with E-state index >= 15 is 0 Å². The highest BCUT2D eigenvalue weighted by molar-refractivity contribution is 7.80. The summed E-state index contributed by atoms with van der Waals surface area (Å²) in [5.41, 5.74) is 1.82. The first-order valence-electron chi connectivity index (χ1n) is 9.21. The van der Waals surface area contributed by atoms with Gasteiger partial charge in [0.25, 0.3) is 0 Å². The fourth-order valence-corrected chi connectivity index (χ4v) is 4.75. The summed E-state index contributed by atoms with van der Waals surface area (Å²) in [4.78, 5) is 15.9. The minimum Gasteiger partial charge on any atom is -0.462 e. The molecule has 1 aromatic heterocycles. The van der Waals surface area contributed by atoms with Gasteiger partial charge in [-0.3, -0.25) is 0 Å². The molecule has 1 aromatic rings. The molecule has 26 heavy (non-hydrogen) atoms. The molecule has 0 bridgehead atoms. The van der Waals surface area contributed by atoms with Crippen LogP contribution >= 0.6 is 23.6 Å². The van der Waals surface area contributed by atoms with E-state index in [0.29, 0.717) is 30.4 Å². The molecule has 4 nitrogen and oxygen atoms in total. The van der Waals surface area contributed by atoms with Crippen molar-refractivity contribution >= 4 is 39.6 Å². The zero-order valence-electron chi connectivity index (χ0n) is 15.5. The van der Waals surface area contributed by atoms with E-state index in [1.165, 1.54) is 24.1 Å². The third-order valence-corrected chi connectivity index (χ3v) is 5.93. The van der Waals surface area contributed by atoms with E-state index in [2.05, 4.69) is 18.5 Å². The van der Waals surface area contributed by atoms with Crippen molar-refractivity contribution in [2.24, 2.45) is 0 Å². The Balaban J connectivity index is 2.34. The van der Waals surface area contributed by atoms with Crippen molar-refractivity contribution in [1.29, 1.82) is 0 Å². The molecule has 1 aliphatic carbocycles. The Hall–Kier alpha value is -1.66. The van der Waals surface area contributed by atoms with Crippen LogP contribution in [0, 0.1) is 0 Å². The van der Waals surface area contributed by atoms with Crippen LogP contribution in [0.15, 0.2) is 25.3 Å². The van der Waals surface area contributed by atoms with Gasteiger partial charge in [-0.05, 0) is 50.4 Å². The van der Waals surface area contributed by atoms with E-state index in [1.807, 2.05) is 11.8 Å². The summed E-state index contributed by atoms with van der Waals surface area (Å²) in [5, 5.41) is 4.67. The number of anilines is 1. The SMILES string of the molecule is C=CCN(CC=C)C(=S)Nc1sc2c(c1C(=O)OCC)CCCCCC2. The van der Waals surface area contributed by atoms with E-state index in [4.69, 9.17) is 17.0 Å². The molecule has 0 aromatic carbocycles. The van der Waals surface area contributed by atoms with Gasteiger partial charge in [0, 0.05) is 18.0 Å². The number of rotatable bonds is 7. The van der Waals surface area contributed by atoms with Gasteiger partial charge >= 0.3 is 5.97 Å². The van der Waals surface area contributed by atoms with Crippen molar-refractivity contribution in [2.45, 2.75) is 45.4 Å². The Morgan fingerprint density at radius 3 is 2.50 bits per heavy atom. The molecule has 1 aliphatic rings. The number of carbonyl (C=O) groups is 1. The molecule has 0 saturated heterocycles. The second-order valence-electron chi connectivity index (χ2n) is 6.26. The molecule has 0 amide bonds. The van der Waals surface area contributed by atoms with Gasteiger partial charge in [0.05, 0.1) is 12.2 Å². The molecular formula is C20H28N2O2S2. The van der Waals surface area contributed by atoms with Gasteiger partial charge in [0.2, 0.25) is 0 Å². The van der Waals surface area contributed by atoms with Crippen LogP contribution in [-0.2, 0) is 17.6 Å². The van der Waals surface area contributed by atoms with Crippen LogP contribution < -0.4 is 5.32 Å². The van der Waals surface area contributed by atoms with Crippen LogP contribution in [0.4, 0.5) is 5.00 Å². The van der Waals surface area contributed by atoms with Crippen LogP contribution in [0.1, 0.15) is 53.4 Å². The first-order chi connectivity index (χ1) is 12.6. The summed E-state index contributed by atoms with van der Waals surface area (Å²) in [5.74, 6) is -0.255. The molecule has 0 unspecified atom stereocenters. The highest BCUT2D eigenvalue weighted by Gasteiger charge is 2.26. The second-order valence-corrected chi connectivity index (χ2v) is 7.75. The highest BCUT2D eigenvalue weighted by Crippen LogP contribution is 2.37. The van der Waals surface area contributed by atoms with Gasteiger partial charge in [0.15, 0.2) is 5.11 Å². The third-order valence-electron chi connectivity index (χ3n) is 4.36. The normalized spacial score (nSPS) is 13.7. The number of aryl methyl sites for hydroxylation is 1. The van der Waals surface area contributed by atoms with Crippen LogP contribution in [0.3, 0.4) is 0 Å². The van der Waals surface area contributed by atoms with E-state index in [9.17, 15) is 4.79 Å². The summed E-state index contributed by atoms with van der Waals surface area (Å²) >= 11 is 7.21. The lowest BCUT2D eigenvalue weighted by Crippen LogP contribution is -2.35. The van der Waals surface area contributed by atoms with Crippen LogP contribution in [0.25, 0.3) is 0 Å². The molecule has 6 heteroatoms. The van der Waals surface area contributed by atoms with Crippen molar-refractivity contribution in [2.75, 3.05) is 25.0 Å². The molecule has 1 N–H and O–H groups in total. The second kappa shape index (κ2) is 10.5. The number of hydrogen-bond acceptors (Lipinski definition) is 4. The first-order valence-corrected chi connectivity index (χ1v) is 10.4. The van der Waals surface area contributed by atoms with Crippen molar-refractivity contribution in [3.8, 4) is 0 Å². The molecule has 0 aliphatic heterocycles. The van der Waals surface area contributed by atoms with Gasteiger partial charge in [-0.2, -0.15) is 0 Å². The Kier molecular flexibility index (Phi) is 8.32. The van der Waals surface area contributed by atoms with Gasteiger partial charge in [-0.25, -0.2) is 4.79 Å². The maximum Gasteiger partial charge on any atom is 0.341 e. The van der Waals surface area contributed by atoms with E-state index in [-0.39, 0.29) is 5.97 Å². The predicted octanol–water partition coefficient (Wildman–Crippen LogP) is 4.95. The third kappa shape index (κ3) is 5.17. The fourth-order valence-electron chi connectivity index (χ4n) is 3.15. The Labute approximate surface area is 165 Å². The average Bonchev–Trinajstić information content (AvgIpc) is 2.91. The summed E-state index contributed by atoms with van der Waals surface area (Å²) in [6.07, 6.45) is 10.3. The Morgan fingerprint density at radius 2 is 1.88 bits per heavy atom. The number of thiocarbonyl (C=S) groups is 1. The average molecular weight is 393 g/mol. The largest absolute Gasteiger partial charge is 0.462 e. The Bertz CT molecular complexity index is 657. The zero-order chi connectivity index (χ0) is 18.9. The summed E-state index contributed by atoms with van der Waals surface area (Å²) in [7, 11) is 0. The number of nitrogens with zero attached hydrogens (tertiary/aromatic N) is 1. The highest BCUT2D eigenvalue weighted by atomic mass is 32.1. The number of esters is 1. The summed E-state index contributed by atoms with van der Waals surface area (Å²) < 4.78 is 5.34. The smallest absolute Gasteiger partial charge is 0.341 e. The van der Waals surface area contributed by atoms with Crippen molar-refractivity contribution in [3.63, 3.8) is 0 Å². The van der Waals surface area contributed by atoms with Crippen molar-refractivity contribution < 1.29 is 9.53 Å². The first kappa shape index (κ1) is 20.6. The molecule has 0 fully saturated rings. The van der Waals surface area contributed by atoms with Gasteiger partial charge in [-0.15, -0.1) is 24.5 Å². The number of fused-ring (bicyclic) bond motifs is 1. The lowest BCUT2D eigenvalue weighted by atomic mass is 9.96. The van der Waals surface area contributed by atoms with Gasteiger partial charge in [-0.1, -0.05) is 25.0 Å². The van der Waals surface area contributed by atoms with Crippen molar-refractivity contribution in [3.05, 3.63) is 41.3 Å². The molecule has 1 heterocycles. The number of carbonyl (C=O) groups excluding carboxylic acids is 1. The van der Waals surface area contributed by atoms with Gasteiger partial charge in [0.1, 0.15) is 5.00 Å². The molecule has 0 atom stereocenters.